The third-order valence-electron chi connectivity index (χ3n) is 6.92. The van der Waals surface area contributed by atoms with Crippen molar-refractivity contribution in [3.8, 4) is 0 Å². The molecule has 1 aliphatic rings. The minimum absolute atomic E-state index is 0.0393. The normalized spacial score (nSPS) is 15.2. The number of carbonyl (C=O) groups is 1. The number of benzene rings is 1. The summed E-state index contributed by atoms with van der Waals surface area (Å²) in [6, 6.07) is 8.32. The summed E-state index contributed by atoms with van der Waals surface area (Å²) in [5, 5.41) is 7.39. The molecule has 1 aliphatic carbocycles. The number of hydrogen-bond donors (Lipinski definition) is 1. The number of alkyl halides is 3. The first-order valence-corrected chi connectivity index (χ1v) is 14.2. The number of pyridine rings is 1. The van der Waals surface area contributed by atoms with Gasteiger partial charge in [-0.25, -0.2) is 0 Å². The van der Waals surface area contributed by atoms with Crippen molar-refractivity contribution in [2.45, 2.75) is 110 Å². The van der Waals surface area contributed by atoms with E-state index in [9.17, 15) is 18.0 Å². The topological polar surface area (TPSA) is 72.8 Å². The first-order chi connectivity index (χ1) is 18.9. The SMILES string of the molecule is CCc1nc(C(C)=NOCc2ccc(C3CCCCC3)c(C(F)(F)F)c2)ccc1CNCCC(=O)OC(C)(C)C. The predicted octanol–water partition coefficient (Wildman–Crippen LogP) is 7.47. The van der Waals surface area contributed by atoms with Gasteiger partial charge in [0.15, 0.2) is 0 Å². The summed E-state index contributed by atoms with van der Waals surface area (Å²) in [7, 11) is 0. The average molecular weight is 562 g/mol. The van der Waals surface area contributed by atoms with Crippen LogP contribution in [-0.4, -0.2) is 28.8 Å². The van der Waals surface area contributed by atoms with Gasteiger partial charge in [0.2, 0.25) is 0 Å². The average Bonchev–Trinajstić information content (AvgIpc) is 2.90. The van der Waals surface area contributed by atoms with E-state index < -0.39 is 17.3 Å². The smallest absolute Gasteiger partial charge is 0.416 e. The number of hydrogen-bond acceptors (Lipinski definition) is 6. The van der Waals surface area contributed by atoms with Gasteiger partial charge in [-0.2, -0.15) is 13.2 Å². The van der Waals surface area contributed by atoms with Crippen molar-refractivity contribution in [1.29, 1.82) is 0 Å². The molecule has 0 unspecified atom stereocenters. The number of nitrogens with zero attached hydrogens (tertiary/aromatic N) is 2. The summed E-state index contributed by atoms with van der Waals surface area (Å²) in [5.74, 6) is -0.284. The lowest BCUT2D eigenvalue weighted by molar-refractivity contribution is -0.154. The number of esters is 1. The van der Waals surface area contributed by atoms with Crippen LogP contribution < -0.4 is 5.32 Å². The number of oxime groups is 1. The molecule has 1 aromatic carbocycles. The van der Waals surface area contributed by atoms with Crippen molar-refractivity contribution in [2.75, 3.05) is 6.54 Å². The molecule has 1 heterocycles. The Balaban J connectivity index is 1.59. The molecule has 0 bridgehead atoms. The van der Waals surface area contributed by atoms with Crippen LogP contribution >= 0.6 is 0 Å². The summed E-state index contributed by atoms with van der Waals surface area (Å²) < 4.78 is 46.9. The van der Waals surface area contributed by atoms with Gasteiger partial charge in [-0.1, -0.05) is 49.5 Å². The van der Waals surface area contributed by atoms with Crippen LogP contribution in [0.1, 0.15) is 113 Å². The highest BCUT2D eigenvalue weighted by Crippen LogP contribution is 2.41. The lowest BCUT2D eigenvalue weighted by Crippen LogP contribution is -2.26. The summed E-state index contributed by atoms with van der Waals surface area (Å²) in [5.41, 5.74) is 2.84. The zero-order valence-corrected chi connectivity index (χ0v) is 24.3. The highest BCUT2D eigenvalue weighted by Gasteiger charge is 2.35. The van der Waals surface area contributed by atoms with Crippen LogP contribution in [-0.2, 0) is 40.1 Å². The van der Waals surface area contributed by atoms with E-state index in [1.807, 2.05) is 39.8 Å². The Hall–Kier alpha value is -2.94. The second kappa shape index (κ2) is 14.1. The standard InChI is InChI=1S/C31H42F3N3O3/c1-6-27-24(19-35-17-16-29(38)40-30(3,4)5)13-15-28(36-27)21(2)37-39-20-22-12-14-25(23-10-8-7-9-11-23)26(18-22)31(32,33)34/h12-15,18,23,35H,6-11,16-17,19-20H2,1-5H3. The summed E-state index contributed by atoms with van der Waals surface area (Å²) in [6.45, 7) is 10.3. The van der Waals surface area contributed by atoms with Gasteiger partial charge < -0.3 is 14.9 Å². The van der Waals surface area contributed by atoms with Crippen molar-refractivity contribution >= 4 is 11.7 Å². The van der Waals surface area contributed by atoms with E-state index in [0.717, 1.165) is 43.4 Å². The Morgan fingerprint density at radius 2 is 1.82 bits per heavy atom. The first kappa shape index (κ1) is 31.6. The van der Waals surface area contributed by atoms with E-state index in [1.54, 1.807) is 19.1 Å². The van der Waals surface area contributed by atoms with Crippen molar-refractivity contribution in [2.24, 2.45) is 5.16 Å². The highest BCUT2D eigenvalue weighted by atomic mass is 19.4. The van der Waals surface area contributed by atoms with Crippen molar-refractivity contribution in [1.82, 2.24) is 10.3 Å². The van der Waals surface area contributed by atoms with Gasteiger partial charge in [0, 0.05) is 18.8 Å². The molecule has 220 valence electrons. The molecule has 2 aromatic rings. The molecular formula is C31H42F3N3O3. The van der Waals surface area contributed by atoms with Gasteiger partial charge in [-0.15, -0.1) is 0 Å². The Kier molecular flexibility index (Phi) is 11.1. The molecule has 40 heavy (non-hydrogen) atoms. The number of rotatable bonds is 11. The van der Waals surface area contributed by atoms with Crippen LogP contribution in [0.3, 0.4) is 0 Å². The third-order valence-corrected chi connectivity index (χ3v) is 6.92. The summed E-state index contributed by atoms with van der Waals surface area (Å²) >= 11 is 0. The molecule has 0 radical (unpaired) electrons. The Morgan fingerprint density at radius 1 is 1.10 bits per heavy atom. The Bertz CT molecular complexity index is 1170. The zero-order valence-electron chi connectivity index (χ0n) is 24.3. The number of nitrogens with one attached hydrogen (secondary N) is 1. The van der Waals surface area contributed by atoms with Gasteiger partial charge in [0.05, 0.1) is 17.7 Å². The lowest BCUT2D eigenvalue weighted by Gasteiger charge is -2.25. The largest absolute Gasteiger partial charge is 0.460 e. The van der Waals surface area contributed by atoms with Gasteiger partial charge in [-0.3, -0.25) is 9.78 Å². The zero-order chi connectivity index (χ0) is 29.3. The molecule has 0 saturated heterocycles. The highest BCUT2D eigenvalue weighted by molar-refractivity contribution is 5.96. The molecule has 1 saturated carbocycles. The number of ether oxygens (including phenoxy) is 1. The molecular weight excluding hydrogens is 519 g/mol. The van der Waals surface area contributed by atoms with E-state index in [4.69, 9.17) is 14.6 Å². The lowest BCUT2D eigenvalue weighted by atomic mass is 9.81. The van der Waals surface area contributed by atoms with Gasteiger partial charge in [-0.05, 0) is 81.7 Å². The van der Waals surface area contributed by atoms with E-state index in [2.05, 4.69) is 10.5 Å². The number of carbonyl (C=O) groups excluding carboxylic acids is 1. The molecule has 0 atom stereocenters. The van der Waals surface area contributed by atoms with Crippen LogP contribution in [0.4, 0.5) is 13.2 Å². The summed E-state index contributed by atoms with van der Waals surface area (Å²) in [6.07, 6.45) is 1.21. The fraction of sp³-hybridized carbons (Fsp3) is 0.581. The monoisotopic (exact) mass is 561 g/mol. The second-order valence-electron chi connectivity index (χ2n) is 11.4. The van der Waals surface area contributed by atoms with Gasteiger partial charge >= 0.3 is 12.1 Å². The van der Waals surface area contributed by atoms with Crippen molar-refractivity contribution in [3.63, 3.8) is 0 Å². The van der Waals surface area contributed by atoms with Crippen LogP contribution in [0.15, 0.2) is 35.5 Å². The fourth-order valence-corrected chi connectivity index (χ4v) is 4.96. The molecule has 1 N–H and O–H groups in total. The quantitative estimate of drug-likeness (QED) is 0.133. The minimum Gasteiger partial charge on any atom is -0.460 e. The fourth-order valence-electron chi connectivity index (χ4n) is 4.96. The molecule has 3 rings (SSSR count). The van der Waals surface area contributed by atoms with Crippen molar-refractivity contribution < 1.29 is 27.5 Å². The molecule has 0 spiro atoms. The maximum Gasteiger partial charge on any atom is 0.416 e. The third kappa shape index (κ3) is 9.61. The van der Waals surface area contributed by atoms with Crippen LogP contribution in [0.25, 0.3) is 0 Å². The minimum atomic E-state index is -4.41. The van der Waals surface area contributed by atoms with Crippen LogP contribution in [0.2, 0.25) is 0 Å². The molecule has 6 nitrogen and oxygen atoms in total. The molecule has 9 heteroatoms. The van der Waals surface area contributed by atoms with Crippen LogP contribution in [0, 0.1) is 0 Å². The molecule has 0 aliphatic heterocycles. The maximum atomic E-state index is 13.8. The summed E-state index contributed by atoms with van der Waals surface area (Å²) in [4.78, 5) is 22.0. The Morgan fingerprint density at radius 3 is 2.48 bits per heavy atom. The molecule has 0 amide bonds. The van der Waals surface area contributed by atoms with Gasteiger partial charge in [0.25, 0.3) is 0 Å². The molecule has 1 aromatic heterocycles. The number of halogens is 3. The maximum absolute atomic E-state index is 13.8. The predicted molar refractivity (Wildman–Crippen MR) is 150 cm³/mol. The van der Waals surface area contributed by atoms with E-state index in [1.165, 1.54) is 6.07 Å². The number of aromatic nitrogens is 1. The van der Waals surface area contributed by atoms with E-state index in [-0.39, 0.29) is 24.9 Å². The molecule has 1 fully saturated rings. The van der Waals surface area contributed by atoms with E-state index >= 15 is 0 Å². The number of aryl methyl sites for hydroxylation is 1. The van der Waals surface area contributed by atoms with Crippen LogP contribution in [0.5, 0.6) is 0 Å². The van der Waals surface area contributed by atoms with E-state index in [0.29, 0.717) is 42.0 Å². The second-order valence-corrected chi connectivity index (χ2v) is 11.4. The first-order valence-electron chi connectivity index (χ1n) is 14.2. The Labute approximate surface area is 235 Å². The van der Waals surface area contributed by atoms with Gasteiger partial charge in [0.1, 0.15) is 17.9 Å². The van der Waals surface area contributed by atoms with Crippen molar-refractivity contribution in [3.05, 3.63) is 64.0 Å².